The summed E-state index contributed by atoms with van der Waals surface area (Å²) in [6, 6.07) is 6.99. The van der Waals surface area contributed by atoms with Crippen molar-refractivity contribution in [2.24, 2.45) is 0 Å². The average molecular weight is 463 g/mol. The topological polar surface area (TPSA) is 64.6 Å². The van der Waals surface area contributed by atoms with Gasteiger partial charge in [-0.25, -0.2) is 9.97 Å². The first-order valence-electron chi connectivity index (χ1n) is 10.8. The lowest BCUT2D eigenvalue weighted by Gasteiger charge is -2.23. The summed E-state index contributed by atoms with van der Waals surface area (Å²) < 4.78 is 49.0. The summed E-state index contributed by atoms with van der Waals surface area (Å²) in [4.78, 5) is 23.4. The molecule has 0 saturated heterocycles. The largest absolute Gasteiger partial charge is 0.573 e. The molecule has 4 rings (SSSR count). The molecule has 3 aromatic rings. The third-order valence-corrected chi connectivity index (χ3v) is 6.13. The molecular formula is C21H20B4F3N3O3. The minimum atomic E-state index is -4.78. The molecule has 2 aromatic carbocycles. The Morgan fingerprint density at radius 3 is 2.29 bits per heavy atom. The molecule has 0 atom stereocenters. The molecule has 13 heteroatoms. The van der Waals surface area contributed by atoms with E-state index in [2.05, 4.69) is 14.7 Å². The number of alkyl halides is 3. The normalized spacial score (nSPS) is 13.7. The van der Waals surface area contributed by atoms with Crippen molar-refractivity contribution in [1.82, 2.24) is 14.9 Å². The highest BCUT2D eigenvalue weighted by Gasteiger charge is 2.33. The number of nitrogens with zero attached hydrogens (tertiary/aromatic N) is 3. The zero-order valence-corrected chi connectivity index (χ0v) is 19.3. The summed E-state index contributed by atoms with van der Waals surface area (Å²) >= 11 is 0. The fourth-order valence-corrected chi connectivity index (χ4v) is 4.23. The van der Waals surface area contributed by atoms with Crippen LogP contribution in [0.25, 0.3) is 11.1 Å². The Balaban J connectivity index is 1.76. The third kappa shape index (κ3) is 4.64. The Kier molecular flexibility index (Phi) is 6.38. The summed E-state index contributed by atoms with van der Waals surface area (Å²) in [6.45, 7) is 0.942. The van der Waals surface area contributed by atoms with Crippen molar-refractivity contribution in [3.8, 4) is 22.6 Å². The van der Waals surface area contributed by atoms with Crippen molar-refractivity contribution in [2.45, 2.75) is 12.9 Å². The fourth-order valence-electron chi connectivity index (χ4n) is 4.23. The number of hydrogen-bond acceptors (Lipinski definition) is 5. The quantitative estimate of drug-likeness (QED) is 0.390. The van der Waals surface area contributed by atoms with Crippen LogP contribution in [0.4, 0.5) is 13.2 Å². The Morgan fingerprint density at radius 2 is 1.68 bits per heavy atom. The van der Waals surface area contributed by atoms with Crippen LogP contribution in [0.2, 0.25) is 0 Å². The van der Waals surface area contributed by atoms with Crippen LogP contribution < -0.4 is 31.3 Å². The maximum atomic E-state index is 13.4. The molecule has 1 aliphatic rings. The highest BCUT2D eigenvalue weighted by Crippen LogP contribution is 2.29. The van der Waals surface area contributed by atoms with Crippen molar-refractivity contribution in [2.75, 3.05) is 13.2 Å². The number of rotatable bonds is 4. The Bertz CT molecular complexity index is 1230. The van der Waals surface area contributed by atoms with Gasteiger partial charge in [-0.05, 0) is 29.3 Å². The second kappa shape index (κ2) is 9.12. The van der Waals surface area contributed by atoms with Crippen molar-refractivity contribution in [3.63, 3.8) is 0 Å². The van der Waals surface area contributed by atoms with E-state index in [0.29, 0.717) is 57.7 Å². The second-order valence-electron chi connectivity index (χ2n) is 8.20. The SMILES string of the molecule is Bc1c(B)c(-c2ccc3c(c2)C(=O)N(Cc2ncccn2)CCO3)c(B)c(B)c1OC(F)(F)F. The van der Waals surface area contributed by atoms with Crippen LogP contribution in [-0.4, -0.2) is 71.7 Å². The summed E-state index contributed by atoms with van der Waals surface area (Å²) in [7, 11) is 6.71. The molecule has 0 spiro atoms. The van der Waals surface area contributed by atoms with E-state index in [9.17, 15) is 18.0 Å². The van der Waals surface area contributed by atoms with Gasteiger partial charge in [-0.3, -0.25) is 4.79 Å². The predicted octanol–water partition coefficient (Wildman–Crippen LogP) is -2.89. The molecule has 0 bridgehead atoms. The molecule has 1 amide bonds. The van der Waals surface area contributed by atoms with E-state index in [1.54, 1.807) is 66.9 Å². The Hall–Kier alpha value is -3.36. The average Bonchev–Trinajstić information content (AvgIpc) is 2.94. The zero-order chi connectivity index (χ0) is 24.6. The number of amides is 1. The van der Waals surface area contributed by atoms with E-state index in [-0.39, 0.29) is 18.2 Å². The molecule has 170 valence electrons. The zero-order valence-electron chi connectivity index (χ0n) is 19.3. The van der Waals surface area contributed by atoms with Gasteiger partial charge in [0.1, 0.15) is 55.3 Å². The summed E-state index contributed by atoms with van der Waals surface area (Å²) in [5.74, 6) is 0.580. The van der Waals surface area contributed by atoms with Gasteiger partial charge in [0.25, 0.3) is 5.91 Å². The maximum Gasteiger partial charge on any atom is 0.573 e. The summed E-state index contributed by atoms with van der Waals surface area (Å²) in [5, 5.41) is 0. The van der Waals surface area contributed by atoms with Gasteiger partial charge in [0.05, 0.1) is 18.7 Å². The lowest BCUT2D eigenvalue weighted by atomic mass is 9.65. The van der Waals surface area contributed by atoms with E-state index >= 15 is 0 Å². The molecule has 0 fully saturated rings. The number of ether oxygens (including phenoxy) is 2. The first kappa shape index (κ1) is 23.8. The highest BCUT2D eigenvalue weighted by molar-refractivity contribution is 6.61. The van der Waals surface area contributed by atoms with Crippen molar-refractivity contribution >= 4 is 59.1 Å². The first-order valence-corrected chi connectivity index (χ1v) is 10.8. The van der Waals surface area contributed by atoms with Crippen LogP contribution in [0.3, 0.4) is 0 Å². The number of halogens is 3. The van der Waals surface area contributed by atoms with Gasteiger partial charge in [0.2, 0.25) is 0 Å². The standard InChI is InChI=1S/C21H20B4F3N3O3/c22-15-14(16(23)18(25)19(17(15)24)34-21(26,27)28)10-2-3-12-11(8-10)20(32)31(6-7-33-12)9-13-29-4-1-5-30-13/h1-5,8H,6-7,9,22-25H2. The van der Waals surface area contributed by atoms with Gasteiger partial charge in [0.15, 0.2) is 0 Å². The van der Waals surface area contributed by atoms with Crippen LogP contribution >= 0.6 is 0 Å². The molecule has 34 heavy (non-hydrogen) atoms. The maximum absolute atomic E-state index is 13.4. The number of aromatic nitrogens is 2. The Labute approximate surface area is 198 Å². The molecule has 0 N–H and O–H groups in total. The molecule has 1 aliphatic heterocycles. The molecule has 0 unspecified atom stereocenters. The number of carbonyl (C=O) groups excluding carboxylic acids is 1. The van der Waals surface area contributed by atoms with Crippen molar-refractivity contribution < 1.29 is 27.4 Å². The van der Waals surface area contributed by atoms with Gasteiger partial charge in [-0.2, -0.15) is 0 Å². The van der Waals surface area contributed by atoms with Crippen LogP contribution in [-0.2, 0) is 6.54 Å². The van der Waals surface area contributed by atoms with Gasteiger partial charge >= 0.3 is 6.36 Å². The van der Waals surface area contributed by atoms with Crippen molar-refractivity contribution in [1.29, 1.82) is 0 Å². The van der Waals surface area contributed by atoms with E-state index in [1.165, 1.54) is 0 Å². The predicted molar refractivity (Wildman–Crippen MR) is 134 cm³/mol. The lowest BCUT2D eigenvalue weighted by molar-refractivity contribution is -0.273. The van der Waals surface area contributed by atoms with Crippen LogP contribution in [0.5, 0.6) is 11.5 Å². The van der Waals surface area contributed by atoms with Crippen LogP contribution in [0.1, 0.15) is 16.2 Å². The van der Waals surface area contributed by atoms with Gasteiger partial charge in [-0.15, -0.1) is 13.2 Å². The number of hydrogen-bond donors (Lipinski definition) is 0. The van der Waals surface area contributed by atoms with Crippen LogP contribution in [0.15, 0.2) is 36.7 Å². The number of carbonyl (C=O) groups is 1. The molecule has 0 saturated carbocycles. The number of benzene rings is 2. The smallest absolute Gasteiger partial charge is 0.491 e. The minimum Gasteiger partial charge on any atom is -0.491 e. The molecule has 6 nitrogen and oxygen atoms in total. The van der Waals surface area contributed by atoms with E-state index in [4.69, 9.17) is 4.74 Å². The summed E-state index contributed by atoms with van der Waals surface area (Å²) in [6.07, 6.45) is -1.54. The van der Waals surface area contributed by atoms with Crippen LogP contribution in [0, 0.1) is 0 Å². The monoisotopic (exact) mass is 463 g/mol. The molecule has 2 heterocycles. The van der Waals surface area contributed by atoms with Crippen molar-refractivity contribution in [3.05, 3.63) is 48.0 Å². The molecule has 0 aliphatic carbocycles. The molecular weight excluding hydrogens is 442 g/mol. The highest BCUT2D eigenvalue weighted by atomic mass is 19.4. The Morgan fingerprint density at radius 1 is 1.03 bits per heavy atom. The first-order chi connectivity index (χ1) is 16.1. The summed E-state index contributed by atoms with van der Waals surface area (Å²) in [5.41, 5.74) is 3.97. The minimum absolute atomic E-state index is 0.186. The fraction of sp³-hybridized carbons (Fsp3) is 0.190. The second-order valence-corrected chi connectivity index (χ2v) is 8.20. The lowest BCUT2D eigenvalue weighted by Crippen LogP contribution is -2.45. The molecule has 0 radical (unpaired) electrons. The van der Waals surface area contributed by atoms with E-state index in [0.717, 1.165) is 5.56 Å². The van der Waals surface area contributed by atoms with E-state index < -0.39 is 6.36 Å². The van der Waals surface area contributed by atoms with E-state index in [1.807, 2.05) is 6.07 Å². The number of fused-ring (bicyclic) bond motifs is 1. The molecule has 1 aromatic heterocycles. The van der Waals surface area contributed by atoms with Gasteiger partial charge in [-0.1, -0.05) is 27.9 Å². The van der Waals surface area contributed by atoms with Gasteiger partial charge < -0.3 is 14.4 Å². The van der Waals surface area contributed by atoms with Gasteiger partial charge in [0, 0.05) is 12.4 Å². The third-order valence-electron chi connectivity index (χ3n) is 6.13.